The van der Waals surface area contributed by atoms with Crippen molar-refractivity contribution in [3.05, 3.63) is 108 Å². The van der Waals surface area contributed by atoms with Crippen LogP contribution in [-0.4, -0.2) is 44.7 Å². The third-order valence-electron chi connectivity index (χ3n) is 5.93. The number of nitrogens with one attached hydrogen (secondary N) is 2. The number of thioether (sulfide) groups is 1. The summed E-state index contributed by atoms with van der Waals surface area (Å²) in [6.45, 7) is 0. The SMILES string of the molecule is O=C(CSc1ccc(NC(=O)c2ccc(C(=O)O)cc2C(=O)O)cc1)Nc1ccc(-c2nc3ccccc3o2)cc1. The largest absolute Gasteiger partial charge is 0.478 e. The molecule has 4 aromatic carbocycles. The van der Waals surface area contributed by atoms with Crippen LogP contribution in [0.25, 0.3) is 22.6 Å². The molecule has 41 heavy (non-hydrogen) atoms. The van der Waals surface area contributed by atoms with E-state index in [0.29, 0.717) is 22.8 Å². The van der Waals surface area contributed by atoms with E-state index >= 15 is 0 Å². The Morgan fingerprint density at radius 2 is 1.44 bits per heavy atom. The fourth-order valence-corrected chi connectivity index (χ4v) is 4.62. The molecule has 0 fully saturated rings. The molecule has 1 heterocycles. The summed E-state index contributed by atoms with van der Waals surface area (Å²) >= 11 is 1.30. The highest BCUT2D eigenvalue weighted by Crippen LogP contribution is 2.26. The van der Waals surface area contributed by atoms with Gasteiger partial charge in [-0.15, -0.1) is 11.8 Å². The molecule has 5 aromatic rings. The fraction of sp³-hybridized carbons (Fsp3) is 0.0333. The van der Waals surface area contributed by atoms with Crippen molar-refractivity contribution in [2.24, 2.45) is 0 Å². The van der Waals surface area contributed by atoms with Gasteiger partial charge in [0.2, 0.25) is 11.8 Å². The van der Waals surface area contributed by atoms with E-state index in [1.807, 2.05) is 36.4 Å². The Morgan fingerprint density at radius 3 is 2.12 bits per heavy atom. The molecule has 0 unspecified atom stereocenters. The quantitative estimate of drug-likeness (QED) is 0.160. The highest BCUT2D eigenvalue weighted by molar-refractivity contribution is 8.00. The standard InChI is InChI=1S/C30H21N3O7S/c34-26(31-19-8-5-17(6-9-19)28-33-24-3-1-2-4-25(24)40-28)16-41-21-12-10-20(11-13-21)32-27(35)22-14-7-18(29(36)37)15-23(22)30(38)39/h1-15H,16H2,(H,31,34)(H,32,35)(H,36,37)(H,38,39). The highest BCUT2D eigenvalue weighted by Gasteiger charge is 2.19. The summed E-state index contributed by atoms with van der Waals surface area (Å²) in [7, 11) is 0. The van der Waals surface area contributed by atoms with Crippen LogP contribution < -0.4 is 10.6 Å². The fourth-order valence-electron chi connectivity index (χ4n) is 3.92. The third kappa shape index (κ3) is 6.43. The second kappa shape index (κ2) is 11.8. The zero-order valence-electron chi connectivity index (χ0n) is 21.2. The number of nitrogens with zero attached hydrogens (tertiary/aromatic N) is 1. The average molecular weight is 568 g/mol. The second-order valence-electron chi connectivity index (χ2n) is 8.75. The summed E-state index contributed by atoms with van der Waals surface area (Å²) < 4.78 is 5.77. The summed E-state index contributed by atoms with van der Waals surface area (Å²) in [5, 5.41) is 23.9. The molecule has 0 saturated heterocycles. The molecule has 0 aliphatic heterocycles. The molecule has 0 aliphatic rings. The lowest BCUT2D eigenvalue weighted by atomic mass is 10.0. The van der Waals surface area contributed by atoms with Crippen molar-refractivity contribution in [1.29, 1.82) is 0 Å². The van der Waals surface area contributed by atoms with Crippen LogP contribution >= 0.6 is 11.8 Å². The molecule has 0 radical (unpaired) electrons. The topological polar surface area (TPSA) is 159 Å². The van der Waals surface area contributed by atoms with Gasteiger partial charge in [0.15, 0.2) is 5.58 Å². The van der Waals surface area contributed by atoms with Gasteiger partial charge in [-0.2, -0.15) is 0 Å². The first-order valence-corrected chi connectivity index (χ1v) is 13.2. The van der Waals surface area contributed by atoms with Gasteiger partial charge >= 0.3 is 11.9 Å². The molecule has 4 N–H and O–H groups in total. The molecule has 0 spiro atoms. The summed E-state index contributed by atoms with van der Waals surface area (Å²) in [4.78, 5) is 53.0. The zero-order chi connectivity index (χ0) is 28.9. The van der Waals surface area contributed by atoms with Gasteiger partial charge in [0.05, 0.1) is 22.4 Å². The summed E-state index contributed by atoms with van der Waals surface area (Å²) in [5.74, 6) is -2.96. The first-order valence-electron chi connectivity index (χ1n) is 12.2. The lowest BCUT2D eigenvalue weighted by molar-refractivity contribution is -0.113. The summed E-state index contributed by atoms with van der Waals surface area (Å²) in [6, 6.07) is 24.6. The molecule has 0 bridgehead atoms. The number of carboxylic acid groups (broad SMARTS) is 2. The Morgan fingerprint density at radius 1 is 0.756 bits per heavy atom. The van der Waals surface area contributed by atoms with Crippen molar-refractivity contribution in [1.82, 2.24) is 4.98 Å². The van der Waals surface area contributed by atoms with Crippen molar-refractivity contribution in [3.63, 3.8) is 0 Å². The van der Waals surface area contributed by atoms with Crippen molar-refractivity contribution >= 4 is 58.0 Å². The van der Waals surface area contributed by atoms with Crippen LogP contribution in [0.4, 0.5) is 11.4 Å². The number of amides is 2. The maximum atomic E-state index is 12.6. The zero-order valence-corrected chi connectivity index (χ0v) is 22.0. The lowest BCUT2D eigenvalue weighted by Crippen LogP contribution is -2.17. The van der Waals surface area contributed by atoms with E-state index in [2.05, 4.69) is 15.6 Å². The number of carbonyl (C=O) groups excluding carboxylic acids is 2. The molecule has 1 aromatic heterocycles. The molecule has 5 rings (SSSR count). The molecule has 11 heteroatoms. The molecule has 0 aliphatic carbocycles. The van der Waals surface area contributed by atoms with Gasteiger partial charge in [0, 0.05) is 21.8 Å². The Labute approximate surface area is 237 Å². The molecular formula is C30H21N3O7S. The van der Waals surface area contributed by atoms with Crippen LogP contribution in [-0.2, 0) is 4.79 Å². The number of hydrogen-bond acceptors (Lipinski definition) is 7. The van der Waals surface area contributed by atoms with Gasteiger partial charge in [-0.1, -0.05) is 12.1 Å². The normalized spacial score (nSPS) is 10.7. The maximum Gasteiger partial charge on any atom is 0.336 e. The van der Waals surface area contributed by atoms with Gasteiger partial charge in [-0.05, 0) is 78.9 Å². The van der Waals surface area contributed by atoms with Crippen LogP contribution in [0.2, 0.25) is 0 Å². The van der Waals surface area contributed by atoms with Crippen molar-refractivity contribution in [2.75, 3.05) is 16.4 Å². The Kier molecular flexibility index (Phi) is 7.79. The number of hydrogen-bond donors (Lipinski definition) is 4. The van der Waals surface area contributed by atoms with Crippen molar-refractivity contribution in [2.45, 2.75) is 4.90 Å². The van der Waals surface area contributed by atoms with E-state index in [0.717, 1.165) is 28.1 Å². The van der Waals surface area contributed by atoms with Gasteiger partial charge < -0.3 is 25.3 Å². The first kappa shape index (κ1) is 27.2. The van der Waals surface area contributed by atoms with Crippen LogP contribution in [0.1, 0.15) is 31.1 Å². The smallest absolute Gasteiger partial charge is 0.336 e. The van der Waals surface area contributed by atoms with Crippen LogP contribution in [0.3, 0.4) is 0 Å². The molecule has 0 saturated carbocycles. The minimum atomic E-state index is -1.41. The number of aromatic carboxylic acids is 2. The maximum absolute atomic E-state index is 12.6. The predicted molar refractivity (Wildman–Crippen MR) is 154 cm³/mol. The number of para-hydroxylation sites is 2. The van der Waals surface area contributed by atoms with E-state index < -0.39 is 23.4 Å². The summed E-state index contributed by atoms with van der Waals surface area (Å²) in [5.41, 5.74) is 2.48. The second-order valence-corrected chi connectivity index (χ2v) is 9.80. The third-order valence-corrected chi connectivity index (χ3v) is 6.95. The molecular weight excluding hydrogens is 546 g/mol. The molecule has 2 amide bonds. The number of fused-ring (bicyclic) bond motifs is 1. The number of aromatic nitrogens is 1. The number of carbonyl (C=O) groups is 4. The van der Waals surface area contributed by atoms with Crippen LogP contribution in [0, 0.1) is 0 Å². The van der Waals surface area contributed by atoms with Crippen LogP contribution in [0.15, 0.2) is 100 Å². The molecule has 0 atom stereocenters. The Balaban J connectivity index is 1.14. The highest BCUT2D eigenvalue weighted by atomic mass is 32.2. The minimum Gasteiger partial charge on any atom is -0.478 e. The number of carboxylic acids is 2. The minimum absolute atomic E-state index is 0.149. The summed E-state index contributed by atoms with van der Waals surface area (Å²) in [6.07, 6.45) is 0. The molecule has 204 valence electrons. The van der Waals surface area contributed by atoms with Gasteiger partial charge in [-0.3, -0.25) is 9.59 Å². The first-order chi connectivity index (χ1) is 19.8. The van der Waals surface area contributed by atoms with Crippen LogP contribution in [0.5, 0.6) is 0 Å². The predicted octanol–water partition coefficient (Wildman–Crippen LogP) is 5.87. The van der Waals surface area contributed by atoms with E-state index in [1.165, 1.54) is 17.8 Å². The van der Waals surface area contributed by atoms with Gasteiger partial charge in [-0.25, -0.2) is 14.6 Å². The Hall–Kier alpha value is -5.42. The van der Waals surface area contributed by atoms with Crippen molar-refractivity contribution < 1.29 is 33.8 Å². The van der Waals surface area contributed by atoms with E-state index in [1.54, 1.807) is 36.4 Å². The van der Waals surface area contributed by atoms with E-state index in [-0.39, 0.29) is 22.8 Å². The number of benzene rings is 4. The monoisotopic (exact) mass is 567 g/mol. The van der Waals surface area contributed by atoms with E-state index in [4.69, 9.17) is 9.52 Å². The number of rotatable bonds is 9. The lowest BCUT2D eigenvalue weighted by Gasteiger charge is -2.10. The number of oxazole rings is 1. The number of anilines is 2. The van der Waals surface area contributed by atoms with Gasteiger partial charge in [0.25, 0.3) is 5.91 Å². The van der Waals surface area contributed by atoms with Crippen molar-refractivity contribution in [3.8, 4) is 11.5 Å². The average Bonchev–Trinajstić information content (AvgIpc) is 3.41. The van der Waals surface area contributed by atoms with Gasteiger partial charge in [0.1, 0.15) is 5.52 Å². The molecule has 10 nitrogen and oxygen atoms in total. The van der Waals surface area contributed by atoms with E-state index in [9.17, 15) is 24.3 Å². The Bertz CT molecular complexity index is 1750.